The molecule has 0 bridgehead atoms. The highest BCUT2D eigenvalue weighted by Gasteiger charge is 2.27. The highest BCUT2D eigenvalue weighted by atomic mass is 32.1. The maximum absolute atomic E-state index is 13.2. The molecule has 34 heavy (non-hydrogen) atoms. The van der Waals surface area contributed by atoms with Gasteiger partial charge < -0.3 is 14.1 Å². The molecule has 1 aliphatic heterocycles. The Kier molecular flexibility index (Phi) is 5.07. The smallest absolute Gasteiger partial charge is 0.349 e. The number of para-hydroxylation sites is 1. The molecule has 1 fully saturated rings. The van der Waals surface area contributed by atoms with Crippen LogP contribution in [-0.4, -0.2) is 35.0 Å². The van der Waals surface area contributed by atoms with E-state index in [0.717, 1.165) is 31.9 Å². The Labute approximate surface area is 199 Å². The molecule has 0 spiro atoms. The molecule has 170 valence electrons. The van der Waals surface area contributed by atoms with Gasteiger partial charge in [-0.05, 0) is 41.5 Å². The summed E-state index contributed by atoms with van der Waals surface area (Å²) in [6.07, 6.45) is 1.35. The zero-order valence-electron chi connectivity index (χ0n) is 18.6. The second-order valence-corrected chi connectivity index (χ2v) is 9.65. The molecule has 1 amide bonds. The van der Waals surface area contributed by atoms with Gasteiger partial charge in [0.2, 0.25) is 0 Å². The van der Waals surface area contributed by atoms with Crippen LogP contribution >= 0.6 is 11.3 Å². The van der Waals surface area contributed by atoms with Gasteiger partial charge >= 0.3 is 5.63 Å². The maximum Gasteiger partial charge on any atom is 0.349 e. The molecular formula is C27H22N2O4S. The van der Waals surface area contributed by atoms with Crippen LogP contribution in [0, 0.1) is 6.92 Å². The largest absolute Gasteiger partial charge is 0.467 e. The molecule has 0 saturated carbocycles. The fourth-order valence-corrected chi connectivity index (χ4v) is 5.59. The number of aryl methyl sites for hydroxylation is 1. The van der Waals surface area contributed by atoms with E-state index in [1.54, 1.807) is 28.4 Å². The predicted molar refractivity (Wildman–Crippen MR) is 134 cm³/mol. The van der Waals surface area contributed by atoms with Crippen molar-refractivity contribution >= 4 is 49.2 Å². The summed E-state index contributed by atoms with van der Waals surface area (Å²) in [6, 6.07) is 19.4. The zero-order chi connectivity index (χ0) is 23.2. The van der Waals surface area contributed by atoms with Gasteiger partial charge in [-0.25, -0.2) is 9.78 Å². The number of amides is 1. The van der Waals surface area contributed by atoms with Crippen molar-refractivity contribution in [2.45, 2.75) is 25.9 Å². The molecule has 7 heteroatoms. The molecular weight excluding hydrogens is 448 g/mol. The lowest BCUT2D eigenvalue weighted by Crippen LogP contribution is -2.43. The minimum atomic E-state index is -0.601. The van der Waals surface area contributed by atoms with Gasteiger partial charge in [0.15, 0.2) is 0 Å². The lowest BCUT2D eigenvalue weighted by molar-refractivity contribution is 0.0592. The lowest BCUT2D eigenvalue weighted by atomic mass is 10.0. The molecule has 2 aromatic heterocycles. The van der Waals surface area contributed by atoms with Crippen LogP contribution in [0.2, 0.25) is 0 Å². The minimum absolute atomic E-state index is 0.0122. The number of fused-ring (bicyclic) bond motifs is 4. The first kappa shape index (κ1) is 20.9. The van der Waals surface area contributed by atoms with Crippen LogP contribution in [0.25, 0.3) is 32.0 Å². The van der Waals surface area contributed by atoms with Gasteiger partial charge in [0.05, 0.1) is 10.2 Å². The molecule has 6 nitrogen and oxygen atoms in total. The number of piperidine rings is 1. The number of ether oxygens (including phenoxy) is 1. The second-order valence-electron chi connectivity index (χ2n) is 8.66. The fraction of sp³-hybridized carbons (Fsp3) is 0.222. The van der Waals surface area contributed by atoms with Gasteiger partial charge in [-0.1, -0.05) is 53.8 Å². The van der Waals surface area contributed by atoms with Gasteiger partial charge in [0, 0.05) is 31.3 Å². The van der Waals surface area contributed by atoms with Crippen molar-refractivity contribution in [1.29, 1.82) is 0 Å². The Balaban J connectivity index is 1.20. The van der Waals surface area contributed by atoms with Crippen LogP contribution in [0.4, 0.5) is 0 Å². The van der Waals surface area contributed by atoms with E-state index in [1.165, 1.54) is 0 Å². The Morgan fingerprint density at radius 3 is 2.71 bits per heavy atom. The van der Waals surface area contributed by atoms with Crippen molar-refractivity contribution < 1.29 is 13.9 Å². The lowest BCUT2D eigenvalue weighted by Gasteiger charge is -2.31. The molecule has 0 N–H and O–H groups in total. The van der Waals surface area contributed by atoms with Gasteiger partial charge in [0.1, 0.15) is 17.3 Å². The first-order valence-corrected chi connectivity index (χ1v) is 12.2. The van der Waals surface area contributed by atoms with Crippen LogP contribution in [0.15, 0.2) is 69.9 Å². The van der Waals surface area contributed by atoms with Gasteiger partial charge in [0.25, 0.3) is 11.1 Å². The molecule has 3 heterocycles. The first-order chi connectivity index (χ1) is 16.6. The SMILES string of the molecule is Cc1cccc2sc(OC3CCN(C(=O)c4cc5c(ccc6ccccc65)oc4=O)CC3)nc12. The molecule has 0 unspecified atom stereocenters. The topological polar surface area (TPSA) is 72.6 Å². The van der Waals surface area contributed by atoms with Crippen molar-refractivity contribution in [2.75, 3.05) is 13.1 Å². The number of benzene rings is 3. The number of aromatic nitrogens is 1. The van der Waals surface area contributed by atoms with Crippen LogP contribution in [0.3, 0.4) is 0 Å². The van der Waals surface area contributed by atoms with Gasteiger partial charge in [-0.15, -0.1) is 0 Å². The van der Waals surface area contributed by atoms with Crippen molar-refractivity contribution in [1.82, 2.24) is 9.88 Å². The van der Waals surface area contributed by atoms with Crippen LogP contribution < -0.4 is 10.4 Å². The van der Waals surface area contributed by atoms with E-state index in [2.05, 4.69) is 4.98 Å². The highest BCUT2D eigenvalue weighted by Crippen LogP contribution is 2.31. The number of rotatable bonds is 3. The summed E-state index contributed by atoms with van der Waals surface area (Å²) in [5, 5.41) is 3.42. The summed E-state index contributed by atoms with van der Waals surface area (Å²) >= 11 is 1.55. The molecule has 1 saturated heterocycles. The first-order valence-electron chi connectivity index (χ1n) is 11.3. The molecule has 0 atom stereocenters. The normalized spacial score (nSPS) is 14.8. The number of nitrogens with zero attached hydrogens (tertiary/aromatic N) is 2. The highest BCUT2D eigenvalue weighted by molar-refractivity contribution is 7.20. The van der Waals surface area contributed by atoms with Crippen molar-refractivity contribution in [2.24, 2.45) is 0 Å². The average molecular weight is 471 g/mol. The van der Waals surface area contributed by atoms with Gasteiger partial charge in [-0.3, -0.25) is 4.79 Å². The average Bonchev–Trinajstić information content (AvgIpc) is 3.27. The third-order valence-electron chi connectivity index (χ3n) is 6.47. The van der Waals surface area contributed by atoms with E-state index in [9.17, 15) is 9.59 Å². The Morgan fingerprint density at radius 2 is 1.88 bits per heavy atom. The van der Waals surface area contributed by atoms with Crippen molar-refractivity contribution in [3.05, 3.63) is 82.2 Å². The minimum Gasteiger partial charge on any atom is -0.467 e. The van der Waals surface area contributed by atoms with Crippen molar-refractivity contribution in [3.8, 4) is 5.19 Å². The number of carbonyl (C=O) groups excluding carboxylic acids is 1. The third-order valence-corrected chi connectivity index (χ3v) is 7.38. The molecule has 3 aromatic carbocycles. The summed E-state index contributed by atoms with van der Waals surface area (Å²) in [6.45, 7) is 3.07. The summed E-state index contributed by atoms with van der Waals surface area (Å²) in [5.41, 5.74) is 2.07. The maximum atomic E-state index is 13.2. The van der Waals surface area contributed by atoms with Crippen LogP contribution in [0.5, 0.6) is 5.19 Å². The fourth-order valence-electron chi connectivity index (χ4n) is 4.63. The number of hydrogen-bond donors (Lipinski definition) is 0. The molecule has 0 aliphatic carbocycles. The van der Waals surface area contributed by atoms with E-state index in [1.807, 2.05) is 55.5 Å². The van der Waals surface area contributed by atoms with Crippen LogP contribution in [0.1, 0.15) is 28.8 Å². The summed E-state index contributed by atoms with van der Waals surface area (Å²) < 4.78 is 12.8. The standard InChI is InChI=1S/C27H22N2O4S/c1-16-5-4-8-23-24(16)28-27(34-23)32-18-11-13-29(14-12-18)25(30)21-15-20-19-7-3-2-6-17(19)9-10-22(20)33-26(21)31/h2-10,15,18H,11-14H2,1H3. The van der Waals surface area contributed by atoms with E-state index >= 15 is 0 Å². The Bertz CT molecular complexity index is 1610. The number of carbonyl (C=O) groups is 1. The van der Waals surface area contributed by atoms with E-state index in [-0.39, 0.29) is 17.6 Å². The van der Waals surface area contributed by atoms with Gasteiger partial charge in [-0.2, -0.15) is 0 Å². The zero-order valence-corrected chi connectivity index (χ0v) is 19.4. The van der Waals surface area contributed by atoms with E-state index < -0.39 is 5.63 Å². The van der Waals surface area contributed by atoms with E-state index in [0.29, 0.717) is 36.7 Å². The summed E-state index contributed by atoms with van der Waals surface area (Å²) in [7, 11) is 0. The number of thiazole rings is 1. The predicted octanol–water partition coefficient (Wildman–Crippen LogP) is 5.55. The molecule has 6 rings (SSSR count). The van der Waals surface area contributed by atoms with Crippen molar-refractivity contribution in [3.63, 3.8) is 0 Å². The molecule has 0 radical (unpaired) electrons. The Hall–Kier alpha value is -3.71. The number of hydrogen-bond acceptors (Lipinski definition) is 6. The van der Waals surface area contributed by atoms with E-state index in [4.69, 9.17) is 9.15 Å². The summed E-state index contributed by atoms with van der Waals surface area (Å²) in [4.78, 5) is 32.2. The molecule has 1 aliphatic rings. The monoisotopic (exact) mass is 470 g/mol. The summed E-state index contributed by atoms with van der Waals surface area (Å²) in [5.74, 6) is -0.294. The third kappa shape index (κ3) is 3.62. The number of likely N-dealkylation sites (tertiary alicyclic amines) is 1. The quantitative estimate of drug-likeness (QED) is 0.255. The second kappa shape index (κ2) is 8.25. The Morgan fingerprint density at radius 1 is 1.06 bits per heavy atom. The van der Waals surface area contributed by atoms with Crippen LogP contribution in [-0.2, 0) is 0 Å². The molecule has 5 aromatic rings.